The summed E-state index contributed by atoms with van der Waals surface area (Å²) in [6, 6.07) is 16.7. The van der Waals surface area contributed by atoms with E-state index in [1.54, 1.807) is 25.3 Å². The van der Waals surface area contributed by atoms with Crippen molar-refractivity contribution in [3.05, 3.63) is 65.9 Å². The van der Waals surface area contributed by atoms with E-state index in [-0.39, 0.29) is 5.91 Å². The third-order valence-electron chi connectivity index (χ3n) is 3.42. The van der Waals surface area contributed by atoms with Crippen LogP contribution in [0, 0.1) is 6.92 Å². The van der Waals surface area contributed by atoms with Crippen LogP contribution in [0.4, 0.5) is 5.69 Å². The molecule has 0 bridgehead atoms. The predicted octanol–water partition coefficient (Wildman–Crippen LogP) is 3.80. The Kier molecular flexibility index (Phi) is 3.74. The van der Waals surface area contributed by atoms with Crippen molar-refractivity contribution in [1.82, 2.24) is 4.98 Å². The summed E-state index contributed by atoms with van der Waals surface area (Å²) in [6.07, 6.45) is 0. The fraction of sp³-hybridized carbons (Fsp3) is 0.111. The van der Waals surface area contributed by atoms with Gasteiger partial charge >= 0.3 is 0 Å². The van der Waals surface area contributed by atoms with Gasteiger partial charge in [-0.05, 0) is 37.3 Å². The Morgan fingerprint density at radius 1 is 1.09 bits per heavy atom. The topological polar surface area (TPSA) is 51.2 Å². The molecule has 1 heterocycles. The van der Waals surface area contributed by atoms with Crippen LogP contribution >= 0.6 is 0 Å². The Labute approximate surface area is 128 Å². The fourth-order valence-electron chi connectivity index (χ4n) is 2.37. The van der Waals surface area contributed by atoms with Crippen LogP contribution in [-0.2, 0) is 0 Å². The zero-order valence-corrected chi connectivity index (χ0v) is 12.5. The summed E-state index contributed by atoms with van der Waals surface area (Å²) in [5, 5.41) is 3.88. The number of hydrogen-bond acceptors (Lipinski definition) is 3. The summed E-state index contributed by atoms with van der Waals surface area (Å²) in [7, 11) is 1.58. The summed E-state index contributed by atoms with van der Waals surface area (Å²) in [5.41, 5.74) is 3.04. The van der Waals surface area contributed by atoms with Gasteiger partial charge in [-0.1, -0.05) is 24.3 Å². The smallest absolute Gasteiger partial charge is 0.255 e. The van der Waals surface area contributed by atoms with Crippen LogP contribution in [0.3, 0.4) is 0 Å². The molecular formula is C18H16N2O2. The molecule has 0 saturated carbocycles. The molecule has 0 unspecified atom stereocenters. The molecule has 4 heteroatoms. The number of ether oxygens (including phenoxy) is 1. The van der Waals surface area contributed by atoms with Gasteiger partial charge in [-0.25, -0.2) is 0 Å². The maximum absolute atomic E-state index is 12.5. The largest absolute Gasteiger partial charge is 0.497 e. The number of fused-ring (bicyclic) bond motifs is 1. The van der Waals surface area contributed by atoms with Gasteiger partial charge in [0.2, 0.25) is 0 Å². The number of rotatable bonds is 3. The standard InChI is InChI=1S/C18H16N2O2/c1-12-10-17(15-8-3-4-9-16(15)19-12)20-18(21)13-6-5-7-14(11-13)22-2/h3-11H,1-2H3,(H,19,20,21). The van der Waals surface area contributed by atoms with E-state index in [9.17, 15) is 4.79 Å². The van der Waals surface area contributed by atoms with Crippen molar-refractivity contribution in [3.63, 3.8) is 0 Å². The molecule has 0 atom stereocenters. The van der Waals surface area contributed by atoms with E-state index in [1.807, 2.05) is 43.3 Å². The Balaban J connectivity index is 1.97. The number of amides is 1. The highest BCUT2D eigenvalue weighted by Crippen LogP contribution is 2.24. The average molecular weight is 292 g/mol. The minimum atomic E-state index is -0.172. The van der Waals surface area contributed by atoms with Crippen LogP contribution in [0.1, 0.15) is 16.1 Å². The second-order valence-corrected chi connectivity index (χ2v) is 5.01. The van der Waals surface area contributed by atoms with Gasteiger partial charge in [0.15, 0.2) is 0 Å². The summed E-state index contributed by atoms with van der Waals surface area (Å²) in [4.78, 5) is 16.9. The van der Waals surface area contributed by atoms with Crippen molar-refractivity contribution in [2.75, 3.05) is 12.4 Å². The van der Waals surface area contributed by atoms with Crippen LogP contribution in [0.15, 0.2) is 54.6 Å². The highest BCUT2D eigenvalue weighted by Gasteiger charge is 2.10. The van der Waals surface area contributed by atoms with Crippen molar-refractivity contribution in [3.8, 4) is 5.75 Å². The first kappa shape index (κ1) is 14.1. The van der Waals surface area contributed by atoms with E-state index >= 15 is 0 Å². The first-order chi connectivity index (χ1) is 10.7. The highest BCUT2D eigenvalue weighted by atomic mass is 16.5. The lowest BCUT2D eigenvalue weighted by atomic mass is 10.1. The van der Waals surface area contributed by atoms with Gasteiger partial charge < -0.3 is 10.1 Å². The summed E-state index contributed by atoms with van der Waals surface area (Å²) >= 11 is 0. The number of carbonyl (C=O) groups is 1. The van der Waals surface area contributed by atoms with Crippen molar-refractivity contribution in [2.45, 2.75) is 6.92 Å². The fourth-order valence-corrected chi connectivity index (χ4v) is 2.37. The van der Waals surface area contributed by atoms with Gasteiger partial charge in [0.1, 0.15) is 5.75 Å². The van der Waals surface area contributed by atoms with E-state index in [0.29, 0.717) is 11.3 Å². The first-order valence-corrected chi connectivity index (χ1v) is 6.99. The van der Waals surface area contributed by atoms with Gasteiger partial charge in [-0.3, -0.25) is 9.78 Å². The summed E-state index contributed by atoms with van der Waals surface area (Å²) in [6.45, 7) is 1.91. The molecule has 2 aromatic carbocycles. The molecule has 4 nitrogen and oxygen atoms in total. The third kappa shape index (κ3) is 2.76. The number of benzene rings is 2. The molecule has 1 N–H and O–H groups in total. The number of aromatic nitrogens is 1. The molecule has 0 aliphatic heterocycles. The zero-order valence-electron chi connectivity index (χ0n) is 12.5. The minimum absolute atomic E-state index is 0.172. The van der Waals surface area contributed by atoms with Crippen LogP contribution in [0.2, 0.25) is 0 Å². The third-order valence-corrected chi connectivity index (χ3v) is 3.42. The number of pyridine rings is 1. The van der Waals surface area contributed by atoms with E-state index in [0.717, 1.165) is 22.3 Å². The van der Waals surface area contributed by atoms with Crippen molar-refractivity contribution in [1.29, 1.82) is 0 Å². The van der Waals surface area contributed by atoms with Gasteiger partial charge in [-0.15, -0.1) is 0 Å². The number of aryl methyl sites for hydroxylation is 1. The second-order valence-electron chi connectivity index (χ2n) is 5.01. The lowest BCUT2D eigenvalue weighted by molar-refractivity contribution is 0.102. The molecule has 110 valence electrons. The number of nitrogens with one attached hydrogen (secondary N) is 1. The predicted molar refractivity (Wildman–Crippen MR) is 87.4 cm³/mol. The SMILES string of the molecule is COc1cccc(C(=O)Nc2cc(C)nc3ccccc23)c1. The monoisotopic (exact) mass is 292 g/mol. The molecular weight excluding hydrogens is 276 g/mol. The molecule has 0 saturated heterocycles. The van der Waals surface area contributed by atoms with Crippen molar-refractivity contribution in [2.24, 2.45) is 0 Å². The number of methoxy groups -OCH3 is 1. The maximum atomic E-state index is 12.5. The normalized spacial score (nSPS) is 10.5. The van der Waals surface area contributed by atoms with Crippen LogP contribution < -0.4 is 10.1 Å². The molecule has 0 fully saturated rings. The van der Waals surface area contributed by atoms with Crippen molar-refractivity contribution < 1.29 is 9.53 Å². The Bertz CT molecular complexity index is 843. The Morgan fingerprint density at radius 3 is 2.73 bits per heavy atom. The van der Waals surface area contributed by atoms with Gasteiger partial charge in [0.05, 0.1) is 18.3 Å². The Hall–Kier alpha value is -2.88. The van der Waals surface area contributed by atoms with E-state index in [1.165, 1.54) is 0 Å². The number of carbonyl (C=O) groups excluding carboxylic acids is 1. The van der Waals surface area contributed by atoms with Gasteiger partial charge in [0.25, 0.3) is 5.91 Å². The average Bonchev–Trinajstić information content (AvgIpc) is 2.54. The lowest BCUT2D eigenvalue weighted by Crippen LogP contribution is -2.12. The molecule has 3 aromatic rings. The quantitative estimate of drug-likeness (QED) is 0.798. The molecule has 3 rings (SSSR count). The zero-order chi connectivity index (χ0) is 15.5. The molecule has 1 amide bonds. The summed E-state index contributed by atoms with van der Waals surface area (Å²) < 4.78 is 5.15. The van der Waals surface area contributed by atoms with Gasteiger partial charge in [0, 0.05) is 16.6 Å². The molecule has 22 heavy (non-hydrogen) atoms. The minimum Gasteiger partial charge on any atom is -0.497 e. The van der Waals surface area contributed by atoms with Crippen LogP contribution in [-0.4, -0.2) is 18.0 Å². The summed E-state index contributed by atoms with van der Waals surface area (Å²) in [5.74, 6) is 0.484. The van der Waals surface area contributed by atoms with E-state index < -0.39 is 0 Å². The highest BCUT2D eigenvalue weighted by molar-refractivity contribution is 6.08. The van der Waals surface area contributed by atoms with E-state index in [2.05, 4.69) is 10.3 Å². The number of hydrogen-bond donors (Lipinski definition) is 1. The second kappa shape index (κ2) is 5.85. The van der Waals surface area contributed by atoms with Gasteiger partial charge in [-0.2, -0.15) is 0 Å². The number of anilines is 1. The molecule has 0 aliphatic carbocycles. The first-order valence-electron chi connectivity index (χ1n) is 6.99. The number of nitrogens with zero attached hydrogens (tertiary/aromatic N) is 1. The van der Waals surface area contributed by atoms with Crippen LogP contribution in [0.25, 0.3) is 10.9 Å². The Morgan fingerprint density at radius 2 is 1.91 bits per heavy atom. The van der Waals surface area contributed by atoms with Crippen LogP contribution in [0.5, 0.6) is 5.75 Å². The van der Waals surface area contributed by atoms with E-state index in [4.69, 9.17) is 4.74 Å². The lowest BCUT2D eigenvalue weighted by Gasteiger charge is -2.10. The molecule has 0 aliphatic rings. The molecule has 1 aromatic heterocycles. The molecule has 0 radical (unpaired) electrons. The number of para-hydroxylation sites is 1. The van der Waals surface area contributed by atoms with Crippen molar-refractivity contribution >= 4 is 22.5 Å². The molecule has 0 spiro atoms. The maximum Gasteiger partial charge on any atom is 0.255 e.